The Morgan fingerprint density at radius 1 is 1.10 bits per heavy atom. The summed E-state index contributed by atoms with van der Waals surface area (Å²) >= 11 is 0. The number of ketones is 1. The van der Waals surface area contributed by atoms with Crippen LogP contribution < -0.4 is 5.32 Å². The van der Waals surface area contributed by atoms with Gasteiger partial charge in [0.05, 0.1) is 6.54 Å². The molecule has 6 nitrogen and oxygen atoms in total. The number of carbonyl (C=O) groups excluding carboxylic acids is 3. The van der Waals surface area contributed by atoms with E-state index in [1.54, 1.807) is 19.1 Å². The Labute approximate surface area is 171 Å². The van der Waals surface area contributed by atoms with E-state index in [0.29, 0.717) is 5.56 Å². The van der Waals surface area contributed by atoms with E-state index < -0.39 is 42.5 Å². The van der Waals surface area contributed by atoms with Crippen LogP contribution in [0.1, 0.15) is 39.8 Å². The zero-order valence-electron chi connectivity index (χ0n) is 17.1. The molecule has 2 aromatic rings. The van der Waals surface area contributed by atoms with Crippen molar-refractivity contribution in [2.45, 2.75) is 46.0 Å². The molecule has 1 saturated heterocycles. The number of nitrogens with one attached hydrogen (secondary N) is 1. The number of urea groups is 1. The first-order valence-corrected chi connectivity index (χ1v) is 9.31. The number of aryl methyl sites for hydroxylation is 2. The van der Waals surface area contributed by atoms with Gasteiger partial charge >= 0.3 is 12.2 Å². The fraction of sp³-hybridized carbons (Fsp3) is 0.381. The van der Waals surface area contributed by atoms with Crippen LogP contribution in [0.25, 0.3) is 0 Å². The molecule has 0 aliphatic carbocycles. The van der Waals surface area contributed by atoms with Gasteiger partial charge in [-0.25, -0.2) is 4.79 Å². The van der Waals surface area contributed by atoms with Crippen LogP contribution in [0.15, 0.2) is 30.3 Å². The summed E-state index contributed by atoms with van der Waals surface area (Å²) in [5.41, 5.74) is 0.711. The number of imide groups is 1. The van der Waals surface area contributed by atoms with Crippen molar-refractivity contribution in [3.8, 4) is 0 Å². The van der Waals surface area contributed by atoms with E-state index in [9.17, 15) is 27.6 Å². The van der Waals surface area contributed by atoms with Crippen LogP contribution in [0.4, 0.5) is 18.0 Å². The Bertz CT molecular complexity index is 1020. The number of hydrogen-bond acceptors (Lipinski definition) is 3. The summed E-state index contributed by atoms with van der Waals surface area (Å²) in [6.07, 6.45) is -4.44. The van der Waals surface area contributed by atoms with E-state index in [0.717, 1.165) is 15.0 Å². The first kappa shape index (κ1) is 21.6. The van der Waals surface area contributed by atoms with Gasteiger partial charge in [0.1, 0.15) is 12.1 Å². The number of carbonyl (C=O) groups is 3. The Balaban J connectivity index is 1.84. The summed E-state index contributed by atoms with van der Waals surface area (Å²) in [5.74, 6) is -1.19. The molecule has 0 radical (unpaired) electrons. The van der Waals surface area contributed by atoms with Gasteiger partial charge in [-0.2, -0.15) is 13.2 Å². The summed E-state index contributed by atoms with van der Waals surface area (Å²) in [4.78, 5) is 39.0. The van der Waals surface area contributed by atoms with Gasteiger partial charge < -0.3 is 9.88 Å². The Hall–Kier alpha value is -3.10. The number of alkyl halides is 3. The van der Waals surface area contributed by atoms with Gasteiger partial charge in [-0.1, -0.05) is 29.8 Å². The molecule has 1 aliphatic heterocycles. The highest BCUT2D eigenvalue weighted by atomic mass is 19.4. The van der Waals surface area contributed by atoms with E-state index in [2.05, 4.69) is 5.32 Å². The third kappa shape index (κ3) is 3.83. The molecule has 3 rings (SSSR count). The molecule has 0 saturated carbocycles. The zero-order valence-corrected chi connectivity index (χ0v) is 17.1. The summed E-state index contributed by atoms with van der Waals surface area (Å²) in [6.45, 7) is 4.56. The molecule has 3 amide bonds. The summed E-state index contributed by atoms with van der Waals surface area (Å²) in [7, 11) is 0. The lowest BCUT2D eigenvalue weighted by Crippen LogP contribution is -2.41. The fourth-order valence-electron chi connectivity index (χ4n) is 3.66. The minimum Gasteiger partial charge on any atom is -0.339 e. The topological polar surface area (TPSA) is 71.4 Å². The second-order valence-corrected chi connectivity index (χ2v) is 7.72. The van der Waals surface area contributed by atoms with E-state index in [1.807, 2.05) is 19.1 Å². The first-order chi connectivity index (χ1) is 13.8. The number of benzene rings is 1. The zero-order chi connectivity index (χ0) is 22.4. The van der Waals surface area contributed by atoms with Gasteiger partial charge in [-0.3, -0.25) is 14.5 Å². The standard InChI is InChI=1S/C21H22F3N3O3/c1-12-5-7-15(8-6-12)20(4)18(29)26(19(30)25-20)10-17(28)16-9-13(2)27(14(16)3)11-21(22,23)24/h5-9H,10-11H2,1-4H3,(H,25,30)/t20-/m1/s1. The highest BCUT2D eigenvalue weighted by molar-refractivity contribution is 6.11. The maximum atomic E-state index is 13.0. The lowest BCUT2D eigenvalue weighted by molar-refractivity contribution is -0.141. The second-order valence-electron chi connectivity index (χ2n) is 7.72. The molecule has 0 bridgehead atoms. The highest BCUT2D eigenvalue weighted by Crippen LogP contribution is 2.30. The molecule has 2 heterocycles. The predicted molar refractivity (Wildman–Crippen MR) is 103 cm³/mol. The number of nitrogens with zero attached hydrogens (tertiary/aromatic N) is 2. The monoisotopic (exact) mass is 421 g/mol. The van der Waals surface area contributed by atoms with E-state index >= 15 is 0 Å². The molecular formula is C21H22F3N3O3. The number of amides is 3. The lowest BCUT2D eigenvalue weighted by atomic mass is 9.91. The van der Waals surface area contributed by atoms with Gasteiger partial charge in [0, 0.05) is 17.0 Å². The highest BCUT2D eigenvalue weighted by Gasteiger charge is 2.49. The normalized spacial score (nSPS) is 19.4. The van der Waals surface area contributed by atoms with E-state index in [-0.39, 0.29) is 17.0 Å². The predicted octanol–water partition coefficient (Wildman–Crippen LogP) is 3.63. The molecule has 160 valence electrons. The van der Waals surface area contributed by atoms with Crippen molar-refractivity contribution in [1.82, 2.24) is 14.8 Å². The third-order valence-corrected chi connectivity index (χ3v) is 5.42. The van der Waals surface area contributed by atoms with Crippen molar-refractivity contribution < 1.29 is 27.6 Å². The van der Waals surface area contributed by atoms with Crippen LogP contribution in [0.5, 0.6) is 0 Å². The van der Waals surface area contributed by atoms with Crippen LogP contribution in [0, 0.1) is 20.8 Å². The average molecular weight is 421 g/mol. The molecule has 1 atom stereocenters. The van der Waals surface area contributed by atoms with E-state index in [4.69, 9.17) is 0 Å². The van der Waals surface area contributed by atoms with Crippen molar-refractivity contribution in [2.75, 3.05) is 6.54 Å². The number of rotatable bonds is 5. The Morgan fingerprint density at radius 3 is 2.27 bits per heavy atom. The molecule has 1 aromatic heterocycles. The van der Waals surface area contributed by atoms with Crippen molar-refractivity contribution >= 4 is 17.7 Å². The molecular weight excluding hydrogens is 399 g/mol. The third-order valence-electron chi connectivity index (χ3n) is 5.42. The minimum atomic E-state index is -4.44. The second kappa shape index (κ2) is 7.30. The summed E-state index contributed by atoms with van der Waals surface area (Å²) in [5, 5.41) is 2.62. The van der Waals surface area contributed by atoms with Gasteiger partial charge in [0.2, 0.25) is 0 Å². The molecule has 1 aromatic carbocycles. The van der Waals surface area contributed by atoms with Crippen molar-refractivity contribution in [3.63, 3.8) is 0 Å². The Morgan fingerprint density at radius 2 is 1.70 bits per heavy atom. The van der Waals surface area contributed by atoms with Gasteiger partial charge in [0.15, 0.2) is 5.78 Å². The molecule has 1 fully saturated rings. The van der Waals surface area contributed by atoms with E-state index in [1.165, 1.54) is 19.9 Å². The molecule has 30 heavy (non-hydrogen) atoms. The first-order valence-electron chi connectivity index (χ1n) is 9.31. The minimum absolute atomic E-state index is 0.0567. The smallest absolute Gasteiger partial charge is 0.339 e. The average Bonchev–Trinajstić information content (AvgIpc) is 3.03. The molecule has 1 N–H and O–H groups in total. The number of aromatic nitrogens is 1. The molecule has 0 spiro atoms. The van der Waals surface area contributed by atoms with Crippen LogP contribution in [0.3, 0.4) is 0 Å². The summed E-state index contributed by atoms with van der Waals surface area (Å²) < 4.78 is 39.4. The molecule has 9 heteroatoms. The maximum Gasteiger partial charge on any atom is 0.406 e. The fourth-order valence-corrected chi connectivity index (χ4v) is 3.66. The van der Waals surface area contributed by atoms with Crippen LogP contribution in [0.2, 0.25) is 0 Å². The van der Waals surface area contributed by atoms with Crippen LogP contribution >= 0.6 is 0 Å². The van der Waals surface area contributed by atoms with Crippen molar-refractivity contribution in [1.29, 1.82) is 0 Å². The maximum absolute atomic E-state index is 13.0. The van der Waals surface area contributed by atoms with Crippen molar-refractivity contribution in [3.05, 3.63) is 58.4 Å². The van der Waals surface area contributed by atoms with Crippen LogP contribution in [-0.4, -0.2) is 39.9 Å². The van der Waals surface area contributed by atoms with Crippen molar-refractivity contribution in [2.24, 2.45) is 0 Å². The molecule has 1 aliphatic rings. The quantitative estimate of drug-likeness (QED) is 0.592. The van der Waals surface area contributed by atoms with Gasteiger partial charge in [0.25, 0.3) is 5.91 Å². The number of hydrogen-bond donors (Lipinski definition) is 1. The van der Waals surface area contributed by atoms with Gasteiger partial charge in [-0.05, 0) is 39.3 Å². The largest absolute Gasteiger partial charge is 0.406 e. The summed E-state index contributed by atoms with van der Waals surface area (Å²) in [6, 6.07) is 7.70. The number of halogens is 3. The SMILES string of the molecule is Cc1ccc([C@@]2(C)NC(=O)N(CC(=O)c3cc(C)n(CC(F)(F)F)c3C)C2=O)cc1. The Kier molecular flexibility index (Phi) is 5.26. The lowest BCUT2D eigenvalue weighted by Gasteiger charge is -2.22. The van der Waals surface area contributed by atoms with Crippen LogP contribution in [-0.2, 0) is 16.9 Å². The molecule has 0 unspecified atom stereocenters. The number of Topliss-reactive ketones (excluding diaryl/α,β-unsaturated/α-hetero) is 1. The van der Waals surface area contributed by atoms with Gasteiger partial charge in [-0.15, -0.1) is 0 Å².